The van der Waals surface area contributed by atoms with Crippen LogP contribution in [-0.2, 0) is 6.54 Å². The lowest BCUT2D eigenvalue weighted by molar-refractivity contribution is 0.0930. The standard InChI is InChI=1S/C24H32N8O2S/c25-18-12-20(31-22(21(18)26)28-8-3-11-33)23(34)29-13-16-5-9-32(10-6-16)15-17-14-30-24(35-17)19-4-1-2-7-27-19/h1-2,4,7,12,14,16,33H,3,5-6,8-11,13,15,26H2,(H,29,34)(H3,25,28,31). The maximum Gasteiger partial charge on any atom is 0.270 e. The second-order valence-electron chi connectivity index (χ2n) is 8.64. The van der Waals surface area contributed by atoms with Crippen molar-refractivity contribution in [3.05, 3.63) is 47.2 Å². The quantitative estimate of drug-likeness (QED) is 0.266. The fourth-order valence-corrected chi connectivity index (χ4v) is 4.93. The number of nitrogens with zero attached hydrogens (tertiary/aromatic N) is 4. The van der Waals surface area contributed by atoms with E-state index in [1.54, 1.807) is 17.5 Å². The van der Waals surface area contributed by atoms with Crippen LogP contribution in [-0.4, -0.2) is 63.7 Å². The van der Waals surface area contributed by atoms with Gasteiger partial charge in [-0.05, 0) is 56.5 Å². The van der Waals surface area contributed by atoms with E-state index in [1.165, 1.54) is 10.9 Å². The van der Waals surface area contributed by atoms with E-state index in [0.717, 1.165) is 43.2 Å². The van der Waals surface area contributed by atoms with Gasteiger partial charge in [0.2, 0.25) is 0 Å². The number of nitrogens with one attached hydrogen (secondary N) is 2. The van der Waals surface area contributed by atoms with Crippen molar-refractivity contribution in [3.8, 4) is 10.7 Å². The van der Waals surface area contributed by atoms with E-state index in [2.05, 4.69) is 30.5 Å². The Bertz CT molecular complexity index is 1120. The van der Waals surface area contributed by atoms with Gasteiger partial charge in [0.15, 0.2) is 5.82 Å². The highest BCUT2D eigenvalue weighted by Gasteiger charge is 2.21. The Labute approximate surface area is 208 Å². The molecular weight excluding hydrogens is 464 g/mol. The molecule has 0 saturated carbocycles. The van der Waals surface area contributed by atoms with Gasteiger partial charge in [-0.1, -0.05) is 6.07 Å². The smallest absolute Gasteiger partial charge is 0.270 e. The normalized spacial score (nSPS) is 14.7. The molecule has 1 aliphatic rings. The Balaban J connectivity index is 1.24. The minimum atomic E-state index is -0.268. The average molecular weight is 497 g/mol. The molecule has 0 aliphatic carbocycles. The van der Waals surface area contributed by atoms with Gasteiger partial charge in [0.25, 0.3) is 5.91 Å². The predicted octanol–water partition coefficient (Wildman–Crippen LogP) is 2.20. The van der Waals surface area contributed by atoms with Crippen molar-refractivity contribution in [1.29, 1.82) is 0 Å². The molecule has 35 heavy (non-hydrogen) atoms. The molecule has 0 spiro atoms. The number of nitrogens with two attached hydrogens (primary N) is 2. The molecule has 11 heteroatoms. The Morgan fingerprint density at radius 2 is 2.06 bits per heavy atom. The van der Waals surface area contributed by atoms with Gasteiger partial charge in [-0.25, -0.2) is 9.97 Å². The number of carbonyl (C=O) groups is 1. The highest BCUT2D eigenvalue weighted by molar-refractivity contribution is 7.14. The summed E-state index contributed by atoms with van der Waals surface area (Å²) in [4.78, 5) is 29.6. The summed E-state index contributed by atoms with van der Waals surface area (Å²) in [5.41, 5.74) is 13.7. The molecule has 0 radical (unpaired) electrons. The van der Waals surface area contributed by atoms with Gasteiger partial charge in [0.1, 0.15) is 10.7 Å². The molecule has 0 atom stereocenters. The van der Waals surface area contributed by atoms with Gasteiger partial charge in [0.05, 0.1) is 17.1 Å². The number of piperidine rings is 1. The lowest BCUT2D eigenvalue weighted by atomic mass is 9.96. The number of pyridine rings is 2. The number of nitrogen functional groups attached to an aromatic ring is 2. The van der Waals surface area contributed by atoms with Crippen LogP contribution in [0.2, 0.25) is 0 Å². The summed E-state index contributed by atoms with van der Waals surface area (Å²) in [7, 11) is 0. The van der Waals surface area contributed by atoms with Crippen LogP contribution in [0, 0.1) is 5.92 Å². The van der Waals surface area contributed by atoms with Gasteiger partial charge in [-0.2, -0.15) is 0 Å². The van der Waals surface area contributed by atoms with Crippen LogP contribution >= 0.6 is 11.3 Å². The van der Waals surface area contributed by atoms with E-state index < -0.39 is 0 Å². The number of rotatable bonds is 10. The predicted molar refractivity (Wildman–Crippen MR) is 139 cm³/mol. The van der Waals surface area contributed by atoms with Crippen LogP contribution in [0.5, 0.6) is 0 Å². The van der Waals surface area contributed by atoms with Crippen molar-refractivity contribution in [2.75, 3.05) is 49.6 Å². The van der Waals surface area contributed by atoms with E-state index in [-0.39, 0.29) is 18.2 Å². The van der Waals surface area contributed by atoms with Crippen LogP contribution in [0.1, 0.15) is 34.6 Å². The summed E-state index contributed by atoms with van der Waals surface area (Å²) in [5, 5.41) is 15.9. The Morgan fingerprint density at radius 3 is 2.80 bits per heavy atom. The molecule has 186 valence electrons. The minimum absolute atomic E-state index is 0.0534. The summed E-state index contributed by atoms with van der Waals surface area (Å²) < 4.78 is 0. The first kappa shape index (κ1) is 24.8. The molecule has 4 rings (SSSR count). The van der Waals surface area contributed by atoms with E-state index in [0.29, 0.717) is 42.6 Å². The van der Waals surface area contributed by atoms with Crippen molar-refractivity contribution in [2.45, 2.75) is 25.8 Å². The Morgan fingerprint density at radius 1 is 1.23 bits per heavy atom. The zero-order chi connectivity index (χ0) is 24.6. The second kappa shape index (κ2) is 11.9. The molecule has 1 fully saturated rings. The Hall–Kier alpha value is -3.28. The van der Waals surface area contributed by atoms with Crippen molar-refractivity contribution in [2.24, 2.45) is 5.92 Å². The molecule has 1 amide bonds. The molecule has 7 N–H and O–H groups in total. The van der Waals surface area contributed by atoms with Crippen LogP contribution in [0.3, 0.4) is 0 Å². The van der Waals surface area contributed by atoms with Crippen LogP contribution in [0.15, 0.2) is 36.7 Å². The molecule has 10 nitrogen and oxygen atoms in total. The number of amides is 1. The van der Waals surface area contributed by atoms with Crippen molar-refractivity contribution in [1.82, 2.24) is 25.2 Å². The molecule has 3 aromatic rings. The van der Waals surface area contributed by atoms with Crippen molar-refractivity contribution < 1.29 is 9.90 Å². The highest BCUT2D eigenvalue weighted by atomic mass is 32.1. The first-order valence-electron chi connectivity index (χ1n) is 11.8. The zero-order valence-electron chi connectivity index (χ0n) is 19.6. The van der Waals surface area contributed by atoms with Crippen molar-refractivity contribution >= 4 is 34.4 Å². The van der Waals surface area contributed by atoms with Gasteiger partial charge in [0, 0.05) is 43.5 Å². The molecule has 1 saturated heterocycles. The summed E-state index contributed by atoms with van der Waals surface area (Å²) in [6.45, 7) is 3.97. The third-order valence-electron chi connectivity index (χ3n) is 6.03. The molecule has 0 bridgehead atoms. The van der Waals surface area contributed by atoms with Gasteiger partial charge < -0.3 is 27.2 Å². The van der Waals surface area contributed by atoms with Gasteiger partial charge in [-0.3, -0.25) is 14.7 Å². The number of hydrogen-bond donors (Lipinski definition) is 5. The summed E-state index contributed by atoms with van der Waals surface area (Å²) >= 11 is 1.69. The monoisotopic (exact) mass is 496 g/mol. The molecule has 4 heterocycles. The maximum absolute atomic E-state index is 12.7. The molecular formula is C24H32N8O2S. The number of aliphatic hydroxyl groups excluding tert-OH is 1. The summed E-state index contributed by atoms with van der Waals surface area (Å²) in [6, 6.07) is 7.35. The third-order valence-corrected chi connectivity index (χ3v) is 7.03. The number of thiazole rings is 1. The largest absolute Gasteiger partial charge is 0.397 e. The highest BCUT2D eigenvalue weighted by Crippen LogP contribution is 2.26. The maximum atomic E-state index is 12.7. The van der Waals surface area contributed by atoms with E-state index >= 15 is 0 Å². The SMILES string of the molecule is Nc1cc(C(=O)NCC2CCN(Cc3cnc(-c4ccccn4)s3)CC2)nc(NCCCO)c1N. The van der Waals surface area contributed by atoms with Crippen LogP contribution < -0.4 is 22.1 Å². The minimum Gasteiger partial charge on any atom is -0.397 e. The summed E-state index contributed by atoms with van der Waals surface area (Å²) in [6.07, 6.45) is 6.30. The average Bonchev–Trinajstić information content (AvgIpc) is 3.35. The molecule has 3 aromatic heterocycles. The van der Waals surface area contributed by atoms with E-state index in [4.69, 9.17) is 16.6 Å². The lowest BCUT2D eigenvalue weighted by Gasteiger charge is -2.31. The van der Waals surface area contributed by atoms with Crippen molar-refractivity contribution in [3.63, 3.8) is 0 Å². The number of anilines is 3. The van der Waals surface area contributed by atoms with Gasteiger partial charge in [-0.15, -0.1) is 11.3 Å². The number of aliphatic hydroxyl groups is 1. The first-order valence-corrected chi connectivity index (χ1v) is 12.6. The molecule has 1 aliphatic heterocycles. The van der Waals surface area contributed by atoms with Crippen LogP contribution in [0.4, 0.5) is 17.2 Å². The number of likely N-dealkylation sites (tertiary alicyclic amines) is 1. The summed E-state index contributed by atoms with van der Waals surface area (Å²) in [5.74, 6) is 0.510. The molecule has 0 aromatic carbocycles. The van der Waals surface area contributed by atoms with E-state index in [1.807, 2.05) is 24.4 Å². The van der Waals surface area contributed by atoms with Gasteiger partial charge >= 0.3 is 0 Å². The fourth-order valence-electron chi connectivity index (χ4n) is 4.00. The fraction of sp³-hybridized carbons (Fsp3) is 0.417. The topological polar surface area (TPSA) is 155 Å². The first-order chi connectivity index (χ1) is 17.0. The van der Waals surface area contributed by atoms with Crippen LogP contribution in [0.25, 0.3) is 10.7 Å². The third kappa shape index (κ3) is 6.65. The number of hydrogen-bond acceptors (Lipinski definition) is 10. The molecule has 0 unspecified atom stereocenters. The number of carbonyl (C=O) groups excluding carboxylic acids is 1. The zero-order valence-corrected chi connectivity index (χ0v) is 20.4. The van der Waals surface area contributed by atoms with E-state index in [9.17, 15) is 4.79 Å². The lowest BCUT2D eigenvalue weighted by Crippen LogP contribution is -2.38. The Kier molecular flexibility index (Phi) is 8.45. The second-order valence-corrected chi connectivity index (χ2v) is 9.75. The number of aromatic nitrogens is 3.